The molecule has 7 heteroatoms. The Bertz CT molecular complexity index is 265. The number of amides is 1. The average Bonchev–Trinajstić information content (AvgIpc) is 2.81. The van der Waals surface area contributed by atoms with Crippen molar-refractivity contribution < 1.29 is 24.1 Å². The van der Waals surface area contributed by atoms with Crippen LogP contribution in [0.4, 0.5) is 4.79 Å². The minimum atomic E-state index is -0.520. The molecule has 1 aliphatic rings. The molecule has 0 radical (unpaired) electrons. The molecule has 7 nitrogen and oxygen atoms in total. The summed E-state index contributed by atoms with van der Waals surface area (Å²) in [5.74, 6) is 0. The molecule has 2 N–H and O–H groups in total. The summed E-state index contributed by atoms with van der Waals surface area (Å²) in [4.78, 5) is 13.2. The van der Waals surface area contributed by atoms with Crippen molar-refractivity contribution in [3.8, 4) is 0 Å². The van der Waals surface area contributed by atoms with E-state index in [2.05, 4.69) is 15.0 Å². The van der Waals surface area contributed by atoms with Gasteiger partial charge in [-0.25, -0.2) is 4.79 Å². The molecule has 0 spiro atoms. The monoisotopic (exact) mass is 276 g/mol. The van der Waals surface area contributed by atoms with Crippen molar-refractivity contribution in [3.05, 3.63) is 0 Å². The zero-order valence-electron chi connectivity index (χ0n) is 11.6. The lowest BCUT2D eigenvalue weighted by Crippen LogP contribution is -2.39. The van der Waals surface area contributed by atoms with Gasteiger partial charge in [0.05, 0.1) is 33.0 Å². The third-order valence-electron chi connectivity index (χ3n) is 2.99. The molecule has 1 saturated heterocycles. The number of likely N-dealkylation sites (tertiary alicyclic amines) is 1. The fourth-order valence-corrected chi connectivity index (χ4v) is 2.05. The Morgan fingerprint density at radius 3 is 2.95 bits per heavy atom. The smallest absolute Gasteiger partial charge is 0.407 e. The van der Waals surface area contributed by atoms with Crippen LogP contribution < -0.4 is 5.32 Å². The van der Waals surface area contributed by atoms with Gasteiger partial charge in [-0.3, -0.25) is 4.90 Å². The topological polar surface area (TPSA) is 80.3 Å². The average molecular weight is 276 g/mol. The molecule has 1 fully saturated rings. The number of nitrogens with zero attached hydrogens (tertiary/aromatic N) is 1. The van der Waals surface area contributed by atoms with Gasteiger partial charge in [0, 0.05) is 32.8 Å². The predicted octanol–water partition coefficient (Wildman–Crippen LogP) is -0.559. The van der Waals surface area contributed by atoms with Gasteiger partial charge in [0.25, 0.3) is 0 Å². The Morgan fingerprint density at radius 2 is 2.26 bits per heavy atom. The van der Waals surface area contributed by atoms with E-state index in [0.29, 0.717) is 26.4 Å². The Hall–Kier alpha value is -0.890. The maximum absolute atomic E-state index is 11.1. The molecule has 1 heterocycles. The van der Waals surface area contributed by atoms with Crippen molar-refractivity contribution in [1.29, 1.82) is 0 Å². The maximum atomic E-state index is 11.1. The van der Waals surface area contributed by atoms with Gasteiger partial charge in [0.1, 0.15) is 0 Å². The number of β-amino-alcohol motifs (C(OH)–C–C–N with tert-alkyl or cyclic N) is 1. The molecule has 0 aromatic heterocycles. The summed E-state index contributed by atoms with van der Waals surface area (Å²) in [6, 6.07) is 0.0917. The lowest BCUT2D eigenvalue weighted by Gasteiger charge is -2.20. The zero-order chi connectivity index (χ0) is 14.1. The van der Waals surface area contributed by atoms with E-state index >= 15 is 0 Å². The van der Waals surface area contributed by atoms with Crippen LogP contribution in [0, 0.1) is 0 Å². The standard InChI is InChI=1S/C12H24N2O5/c1-17-5-6-19-9-11(15)8-14-4-3-10(7-14)13-12(16)18-2/h10-11,15H,3-9H2,1-2H3,(H,13,16). The van der Waals surface area contributed by atoms with Gasteiger partial charge in [-0.1, -0.05) is 0 Å². The van der Waals surface area contributed by atoms with Crippen LogP contribution in [0.5, 0.6) is 0 Å². The van der Waals surface area contributed by atoms with Crippen LogP contribution in [0.15, 0.2) is 0 Å². The van der Waals surface area contributed by atoms with Gasteiger partial charge in [-0.15, -0.1) is 0 Å². The minimum Gasteiger partial charge on any atom is -0.453 e. The van der Waals surface area contributed by atoms with Gasteiger partial charge in [0.2, 0.25) is 0 Å². The number of carbonyl (C=O) groups is 1. The number of methoxy groups -OCH3 is 2. The quantitative estimate of drug-likeness (QED) is 0.579. The van der Waals surface area contributed by atoms with Crippen LogP contribution in [0.3, 0.4) is 0 Å². The fraction of sp³-hybridized carbons (Fsp3) is 0.917. The Balaban J connectivity index is 2.11. The molecule has 0 bridgehead atoms. The molecule has 2 unspecified atom stereocenters. The van der Waals surface area contributed by atoms with Gasteiger partial charge < -0.3 is 24.6 Å². The van der Waals surface area contributed by atoms with Crippen LogP contribution in [-0.4, -0.2) is 81.9 Å². The molecule has 1 amide bonds. The summed E-state index contributed by atoms with van der Waals surface area (Å²) in [5.41, 5.74) is 0. The highest BCUT2D eigenvalue weighted by Gasteiger charge is 2.25. The minimum absolute atomic E-state index is 0.0917. The van der Waals surface area contributed by atoms with Gasteiger partial charge in [0.15, 0.2) is 0 Å². The SMILES string of the molecule is COCCOCC(O)CN1CCC(NC(=O)OC)C1. The number of hydrogen-bond acceptors (Lipinski definition) is 6. The highest BCUT2D eigenvalue weighted by molar-refractivity contribution is 5.67. The lowest BCUT2D eigenvalue weighted by molar-refractivity contribution is 0.00194. The van der Waals surface area contributed by atoms with Crippen LogP contribution >= 0.6 is 0 Å². The molecular weight excluding hydrogens is 252 g/mol. The first-order chi connectivity index (χ1) is 9.15. The van der Waals surface area contributed by atoms with Gasteiger partial charge in [-0.2, -0.15) is 0 Å². The number of nitrogens with one attached hydrogen (secondary N) is 1. The van der Waals surface area contributed by atoms with Crippen LogP contribution in [0.1, 0.15) is 6.42 Å². The van der Waals surface area contributed by atoms with Gasteiger partial charge >= 0.3 is 6.09 Å². The number of alkyl carbamates (subject to hydrolysis) is 1. The summed E-state index contributed by atoms with van der Waals surface area (Å²) < 4.78 is 14.7. The summed E-state index contributed by atoms with van der Waals surface area (Å²) in [6.07, 6.45) is -0.0594. The molecule has 19 heavy (non-hydrogen) atoms. The number of aliphatic hydroxyl groups excluding tert-OH is 1. The molecule has 0 aromatic carbocycles. The van der Waals surface area contributed by atoms with Crippen molar-refractivity contribution in [2.75, 3.05) is 53.7 Å². The number of aliphatic hydroxyl groups is 1. The largest absolute Gasteiger partial charge is 0.453 e. The highest BCUT2D eigenvalue weighted by Crippen LogP contribution is 2.09. The highest BCUT2D eigenvalue weighted by atomic mass is 16.5. The number of hydrogen-bond donors (Lipinski definition) is 2. The van der Waals surface area contributed by atoms with E-state index in [1.165, 1.54) is 7.11 Å². The van der Waals surface area contributed by atoms with E-state index in [1.54, 1.807) is 7.11 Å². The van der Waals surface area contributed by atoms with Crippen molar-refractivity contribution in [1.82, 2.24) is 10.2 Å². The normalized spacial score (nSPS) is 21.3. The third-order valence-corrected chi connectivity index (χ3v) is 2.99. The molecular formula is C12H24N2O5. The first kappa shape index (κ1) is 16.2. The van der Waals surface area contributed by atoms with Crippen molar-refractivity contribution in [2.45, 2.75) is 18.6 Å². The van der Waals surface area contributed by atoms with E-state index in [1.807, 2.05) is 0 Å². The third kappa shape index (κ3) is 6.72. The van der Waals surface area contributed by atoms with E-state index in [9.17, 15) is 9.90 Å². The summed E-state index contributed by atoms with van der Waals surface area (Å²) in [5, 5.41) is 12.6. The van der Waals surface area contributed by atoms with Crippen molar-refractivity contribution in [2.24, 2.45) is 0 Å². The Labute approximate surface area is 113 Å². The van der Waals surface area contributed by atoms with Crippen LogP contribution in [0.2, 0.25) is 0 Å². The van der Waals surface area contributed by atoms with E-state index in [-0.39, 0.29) is 6.04 Å². The number of ether oxygens (including phenoxy) is 3. The molecule has 0 aliphatic carbocycles. The summed E-state index contributed by atoms with van der Waals surface area (Å²) in [7, 11) is 2.96. The molecule has 0 aromatic rings. The van der Waals surface area contributed by atoms with E-state index in [4.69, 9.17) is 9.47 Å². The lowest BCUT2D eigenvalue weighted by atomic mass is 10.3. The molecule has 1 rings (SSSR count). The van der Waals surface area contributed by atoms with E-state index < -0.39 is 12.2 Å². The fourth-order valence-electron chi connectivity index (χ4n) is 2.05. The Morgan fingerprint density at radius 1 is 1.47 bits per heavy atom. The maximum Gasteiger partial charge on any atom is 0.407 e. The molecule has 1 aliphatic heterocycles. The van der Waals surface area contributed by atoms with E-state index in [0.717, 1.165) is 19.5 Å². The number of rotatable bonds is 8. The molecule has 0 saturated carbocycles. The summed E-state index contributed by atoms with van der Waals surface area (Å²) >= 11 is 0. The van der Waals surface area contributed by atoms with Crippen molar-refractivity contribution in [3.63, 3.8) is 0 Å². The van der Waals surface area contributed by atoms with Crippen LogP contribution in [-0.2, 0) is 14.2 Å². The first-order valence-electron chi connectivity index (χ1n) is 6.47. The second kappa shape index (κ2) is 9.08. The first-order valence-corrected chi connectivity index (χ1v) is 6.47. The summed E-state index contributed by atoms with van der Waals surface area (Å²) in [6.45, 7) is 3.44. The second-order valence-electron chi connectivity index (χ2n) is 4.60. The molecule has 112 valence electrons. The Kier molecular flexibility index (Phi) is 7.73. The number of carbonyl (C=O) groups excluding carboxylic acids is 1. The zero-order valence-corrected chi connectivity index (χ0v) is 11.6. The van der Waals surface area contributed by atoms with Crippen molar-refractivity contribution >= 4 is 6.09 Å². The van der Waals surface area contributed by atoms with Crippen LogP contribution in [0.25, 0.3) is 0 Å². The van der Waals surface area contributed by atoms with Gasteiger partial charge in [-0.05, 0) is 6.42 Å². The molecule has 2 atom stereocenters. The predicted molar refractivity (Wildman–Crippen MR) is 69.1 cm³/mol. The second-order valence-corrected chi connectivity index (χ2v) is 4.60.